The van der Waals surface area contributed by atoms with Gasteiger partial charge in [0.1, 0.15) is 5.76 Å². The number of hydrogen-bond donors (Lipinski definition) is 0. The van der Waals surface area contributed by atoms with Crippen molar-refractivity contribution >= 4 is 11.6 Å². The van der Waals surface area contributed by atoms with Gasteiger partial charge in [-0.2, -0.15) is 0 Å². The lowest BCUT2D eigenvalue weighted by molar-refractivity contribution is 0.304. The average Bonchev–Trinajstić information content (AvgIpc) is 2.13. The molecular weight excluding hydrogens is 148 g/mol. The van der Waals surface area contributed by atoms with Crippen LogP contribution in [0.15, 0.2) is 35.1 Å². The van der Waals surface area contributed by atoms with Crippen molar-refractivity contribution in [1.82, 2.24) is 0 Å². The molecule has 0 aromatic carbocycles. The van der Waals surface area contributed by atoms with Gasteiger partial charge in [0.15, 0.2) is 0 Å². The second-order valence-corrected chi connectivity index (χ2v) is 2.42. The summed E-state index contributed by atoms with van der Waals surface area (Å²) < 4.78 is 5.00. The van der Waals surface area contributed by atoms with Crippen LogP contribution >= 0.6 is 11.6 Å². The van der Waals surface area contributed by atoms with Crippen LogP contribution in [0.4, 0.5) is 0 Å². The van der Waals surface area contributed by atoms with Crippen molar-refractivity contribution in [3.8, 4) is 0 Å². The number of rotatable bonds is 1. The van der Waals surface area contributed by atoms with Gasteiger partial charge in [0.05, 0.1) is 12.1 Å². The maximum atomic E-state index is 5.84. The number of hydrogen-bond acceptors (Lipinski definition) is 1. The van der Waals surface area contributed by atoms with E-state index >= 15 is 0 Å². The largest absolute Gasteiger partial charge is 0.496 e. The second-order valence-electron chi connectivity index (χ2n) is 1.96. The molecule has 0 saturated carbocycles. The van der Waals surface area contributed by atoms with Crippen molar-refractivity contribution in [2.24, 2.45) is 0 Å². The first-order valence-corrected chi connectivity index (χ1v) is 3.48. The molecule has 0 radical (unpaired) electrons. The molecular formula is C8H9ClO. The monoisotopic (exact) mass is 156 g/mol. The minimum atomic E-state index is 0.756. The van der Waals surface area contributed by atoms with Gasteiger partial charge in [-0.15, -0.1) is 0 Å². The van der Waals surface area contributed by atoms with Gasteiger partial charge in [0, 0.05) is 6.42 Å². The minimum absolute atomic E-state index is 0.756. The summed E-state index contributed by atoms with van der Waals surface area (Å²) in [5.74, 6) is 0.756. The van der Waals surface area contributed by atoms with Crippen LogP contribution in [0.25, 0.3) is 0 Å². The number of halogens is 1. The number of allylic oxidation sites excluding steroid dienone is 5. The fraction of sp³-hybridized carbons (Fsp3) is 0.250. The number of ether oxygens (including phenoxy) is 1. The van der Waals surface area contributed by atoms with E-state index in [1.165, 1.54) is 0 Å². The van der Waals surface area contributed by atoms with Crippen molar-refractivity contribution in [1.29, 1.82) is 0 Å². The molecule has 0 spiro atoms. The lowest BCUT2D eigenvalue weighted by Gasteiger charge is -2.00. The molecule has 0 heterocycles. The first kappa shape index (κ1) is 7.42. The molecule has 1 aliphatic carbocycles. The van der Waals surface area contributed by atoms with Crippen LogP contribution in [0.2, 0.25) is 0 Å². The van der Waals surface area contributed by atoms with Gasteiger partial charge in [-0.3, -0.25) is 0 Å². The van der Waals surface area contributed by atoms with E-state index in [4.69, 9.17) is 16.3 Å². The fourth-order valence-corrected chi connectivity index (χ4v) is 0.992. The minimum Gasteiger partial charge on any atom is -0.496 e. The van der Waals surface area contributed by atoms with Crippen molar-refractivity contribution in [3.63, 3.8) is 0 Å². The molecule has 2 heteroatoms. The quantitative estimate of drug-likeness (QED) is 0.567. The highest BCUT2D eigenvalue weighted by atomic mass is 35.5. The van der Waals surface area contributed by atoms with Crippen LogP contribution in [-0.2, 0) is 4.74 Å². The molecule has 1 nitrogen and oxygen atoms in total. The topological polar surface area (TPSA) is 9.23 Å². The summed E-state index contributed by atoms with van der Waals surface area (Å²) >= 11 is 5.84. The van der Waals surface area contributed by atoms with E-state index in [0.717, 1.165) is 17.2 Å². The van der Waals surface area contributed by atoms with Crippen LogP contribution in [0.1, 0.15) is 6.42 Å². The fourth-order valence-electron chi connectivity index (χ4n) is 0.763. The molecule has 0 unspecified atom stereocenters. The molecule has 0 aromatic heterocycles. The molecule has 0 bridgehead atoms. The third-order valence-corrected chi connectivity index (χ3v) is 1.62. The maximum Gasteiger partial charge on any atom is 0.133 e. The Morgan fingerprint density at radius 3 is 3.00 bits per heavy atom. The highest BCUT2D eigenvalue weighted by Gasteiger charge is 2.00. The Balaban J connectivity index is 2.82. The summed E-state index contributed by atoms with van der Waals surface area (Å²) in [7, 11) is 1.62. The van der Waals surface area contributed by atoms with Gasteiger partial charge in [-0.05, 0) is 6.08 Å². The van der Waals surface area contributed by atoms with E-state index in [9.17, 15) is 0 Å². The maximum absolute atomic E-state index is 5.84. The summed E-state index contributed by atoms with van der Waals surface area (Å²) in [5, 5.41) is 0.757. The second kappa shape index (κ2) is 3.47. The first-order chi connectivity index (χ1) is 4.84. The van der Waals surface area contributed by atoms with Gasteiger partial charge in [-0.25, -0.2) is 0 Å². The Kier molecular flexibility index (Phi) is 2.57. The van der Waals surface area contributed by atoms with Crippen molar-refractivity contribution in [2.45, 2.75) is 6.42 Å². The zero-order valence-corrected chi connectivity index (χ0v) is 6.56. The third kappa shape index (κ3) is 1.64. The molecule has 1 aliphatic rings. The van der Waals surface area contributed by atoms with Crippen molar-refractivity contribution in [2.75, 3.05) is 7.11 Å². The first-order valence-electron chi connectivity index (χ1n) is 3.10. The van der Waals surface area contributed by atoms with Crippen LogP contribution in [0.3, 0.4) is 0 Å². The summed E-state index contributed by atoms with van der Waals surface area (Å²) in [6.45, 7) is 0. The summed E-state index contributed by atoms with van der Waals surface area (Å²) in [6.07, 6.45) is 8.47. The van der Waals surface area contributed by atoms with E-state index < -0.39 is 0 Å². The molecule has 1 rings (SSSR count). The van der Waals surface area contributed by atoms with Crippen LogP contribution in [0, 0.1) is 0 Å². The van der Waals surface area contributed by atoms with E-state index in [-0.39, 0.29) is 0 Å². The van der Waals surface area contributed by atoms with Crippen LogP contribution in [0.5, 0.6) is 0 Å². The predicted octanol–water partition coefficient (Wildman–Crippen LogP) is 2.60. The summed E-state index contributed by atoms with van der Waals surface area (Å²) in [5.41, 5.74) is 0. The standard InChI is InChI=1S/C8H9ClO/c1-10-8-6-4-2-3-5-7(8)9/h2-4,6H,5H2,1H3. The Morgan fingerprint density at radius 2 is 2.30 bits per heavy atom. The van der Waals surface area contributed by atoms with Gasteiger partial charge in [0.25, 0.3) is 0 Å². The molecule has 0 amide bonds. The summed E-state index contributed by atoms with van der Waals surface area (Å²) in [6, 6.07) is 0. The average molecular weight is 157 g/mol. The molecule has 0 aliphatic heterocycles. The lowest BCUT2D eigenvalue weighted by Crippen LogP contribution is -1.83. The molecule has 0 saturated heterocycles. The van der Waals surface area contributed by atoms with Gasteiger partial charge < -0.3 is 4.74 Å². The Labute approximate surface area is 65.6 Å². The van der Waals surface area contributed by atoms with E-state index in [1.807, 2.05) is 24.3 Å². The Hall–Kier alpha value is -0.690. The van der Waals surface area contributed by atoms with Crippen LogP contribution in [-0.4, -0.2) is 7.11 Å². The van der Waals surface area contributed by atoms with Gasteiger partial charge in [-0.1, -0.05) is 29.8 Å². The SMILES string of the molecule is COC1=C(Cl)CC=CC=C1. The molecule has 0 atom stereocenters. The lowest BCUT2D eigenvalue weighted by atomic mass is 10.3. The molecule has 0 fully saturated rings. The Bertz CT molecular complexity index is 201. The molecule has 10 heavy (non-hydrogen) atoms. The highest BCUT2D eigenvalue weighted by molar-refractivity contribution is 6.30. The zero-order valence-electron chi connectivity index (χ0n) is 5.80. The molecule has 0 N–H and O–H groups in total. The van der Waals surface area contributed by atoms with Crippen molar-refractivity contribution in [3.05, 3.63) is 35.1 Å². The van der Waals surface area contributed by atoms with Gasteiger partial charge in [0.2, 0.25) is 0 Å². The third-order valence-electron chi connectivity index (χ3n) is 1.28. The molecule has 0 aromatic rings. The molecule has 54 valence electrons. The van der Waals surface area contributed by atoms with Crippen LogP contribution < -0.4 is 0 Å². The zero-order chi connectivity index (χ0) is 7.40. The smallest absolute Gasteiger partial charge is 0.133 e. The van der Waals surface area contributed by atoms with Gasteiger partial charge >= 0.3 is 0 Å². The normalized spacial score (nSPS) is 17.4. The summed E-state index contributed by atoms with van der Waals surface area (Å²) in [4.78, 5) is 0. The van der Waals surface area contributed by atoms with E-state index in [1.54, 1.807) is 7.11 Å². The highest BCUT2D eigenvalue weighted by Crippen LogP contribution is 2.18. The number of methoxy groups -OCH3 is 1. The Morgan fingerprint density at radius 1 is 1.50 bits per heavy atom. The van der Waals surface area contributed by atoms with E-state index in [2.05, 4.69) is 0 Å². The van der Waals surface area contributed by atoms with E-state index in [0.29, 0.717) is 0 Å². The van der Waals surface area contributed by atoms with Crippen molar-refractivity contribution < 1.29 is 4.74 Å². The predicted molar refractivity (Wildman–Crippen MR) is 42.8 cm³/mol.